The van der Waals surface area contributed by atoms with Gasteiger partial charge in [-0.2, -0.15) is 5.10 Å². The highest BCUT2D eigenvalue weighted by molar-refractivity contribution is 6.42. The van der Waals surface area contributed by atoms with Crippen molar-refractivity contribution in [2.75, 3.05) is 27.4 Å². The van der Waals surface area contributed by atoms with Crippen LogP contribution in [0, 0.1) is 0 Å². The molecule has 3 rings (SSSR count). The van der Waals surface area contributed by atoms with E-state index >= 15 is 0 Å². The highest BCUT2D eigenvalue weighted by atomic mass is 35.5. The van der Waals surface area contributed by atoms with Crippen molar-refractivity contribution in [3.63, 3.8) is 0 Å². The molecule has 8 nitrogen and oxygen atoms in total. The number of ether oxygens (including phenoxy) is 3. The lowest BCUT2D eigenvalue weighted by atomic mass is 10.1. The highest BCUT2D eigenvalue weighted by Crippen LogP contribution is 2.32. The summed E-state index contributed by atoms with van der Waals surface area (Å²) in [6, 6.07) is 13.2. The first-order chi connectivity index (χ1) is 15.4. The van der Waals surface area contributed by atoms with Crippen LogP contribution in [0.25, 0.3) is 11.3 Å². The van der Waals surface area contributed by atoms with E-state index in [1.54, 1.807) is 56.7 Å². The largest absolute Gasteiger partial charge is 0.497 e. The maximum atomic E-state index is 12.2. The SMILES string of the molecule is COc1ccc(OC)c(-c2ccc(=O)n(CCNC(=O)COc3cccc(Cl)c3Cl)n2)c1. The van der Waals surface area contributed by atoms with Crippen LogP contribution in [0.3, 0.4) is 0 Å². The first kappa shape index (κ1) is 23.4. The first-order valence-corrected chi connectivity index (χ1v) is 10.3. The van der Waals surface area contributed by atoms with Gasteiger partial charge in [-0.05, 0) is 36.4 Å². The molecule has 1 aromatic heterocycles. The Morgan fingerprint density at radius 2 is 1.88 bits per heavy atom. The minimum atomic E-state index is -0.375. The van der Waals surface area contributed by atoms with Crippen molar-refractivity contribution in [1.29, 1.82) is 0 Å². The predicted octanol–water partition coefficient (Wildman–Crippen LogP) is 3.43. The third kappa shape index (κ3) is 5.72. The number of hydrogen-bond donors (Lipinski definition) is 1. The molecule has 0 spiro atoms. The van der Waals surface area contributed by atoms with Crippen LogP contribution in [0.5, 0.6) is 17.2 Å². The number of nitrogens with one attached hydrogen (secondary N) is 1. The summed E-state index contributed by atoms with van der Waals surface area (Å²) < 4.78 is 17.3. The molecule has 1 N–H and O–H groups in total. The van der Waals surface area contributed by atoms with E-state index < -0.39 is 0 Å². The van der Waals surface area contributed by atoms with Gasteiger partial charge in [-0.25, -0.2) is 4.68 Å². The van der Waals surface area contributed by atoms with Gasteiger partial charge < -0.3 is 19.5 Å². The van der Waals surface area contributed by atoms with Crippen molar-refractivity contribution in [2.45, 2.75) is 6.54 Å². The van der Waals surface area contributed by atoms with Gasteiger partial charge in [0.05, 0.1) is 31.5 Å². The molecule has 1 heterocycles. The fourth-order valence-corrected chi connectivity index (χ4v) is 3.20. The zero-order valence-corrected chi connectivity index (χ0v) is 18.9. The van der Waals surface area contributed by atoms with Crippen molar-refractivity contribution in [1.82, 2.24) is 15.1 Å². The van der Waals surface area contributed by atoms with Gasteiger partial charge in [-0.1, -0.05) is 29.3 Å². The van der Waals surface area contributed by atoms with Gasteiger partial charge in [-0.3, -0.25) is 9.59 Å². The molecule has 10 heteroatoms. The van der Waals surface area contributed by atoms with E-state index in [9.17, 15) is 9.59 Å². The molecule has 2 aromatic carbocycles. The Hall–Kier alpha value is -3.23. The second kappa shape index (κ2) is 10.9. The van der Waals surface area contributed by atoms with Crippen LogP contribution in [-0.2, 0) is 11.3 Å². The number of hydrogen-bond acceptors (Lipinski definition) is 6. The average Bonchev–Trinajstić information content (AvgIpc) is 2.80. The molecule has 0 fully saturated rings. The summed E-state index contributed by atoms with van der Waals surface area (Å²) in [6.45, 7) is 0.100. The van der Waals surface area contributed by atoms with E-state index in [2.05, 4.69) is 10.4 Å². The number of nitrogens with zero attached hydrogens (tertiary/aromatic N) is 2. The zero-order chi connectivity index (χ0) is 23.1. The second-order valence-electron chi connectivity index (χ2n) is 6.54. The number of amides is 1. The van der Waals surface area contributed by atoms with Crippen molar-refractivity contribution in [3.8, 4) is 28.5 Å². The Morgan fingerprint density at radius 3 is 2.62 bits per heavy atom. The molecule has 32 heavy (non-hydrogen) atoms. The van der Waals surface area contributed by atoms with Crippen molar-refractivity contribution >= 4 is 29.1 Å². The van der Waals surface area contributed by atoms with Gasteiger partial charge in [0.2, 0.25) is 0 Å². The zero-order valence-electron chi connectivity index (χ0n) is 17.4. The number of halogens is 2. The molecule has 0 aliphatic heterocycles. The molecular weight excluding hydrogens is 457 g/mol. The van der Waals surface area contributed by atoms with Crippen LogP contribution in [0.15, 0.2) is 53.3 Å². The average molecular weight is 478 g/mol. The summed E-state index contributed by atoms with van der Waals surface area (Å²) in [6.07, 6.45) is 0. The number of carbonyl (C=O) groups excluding carboxylic acids is 1. The van der Waals surface area contributed by atoms with E-state index in [4.69, 9.17) is 37.4 Å². The Morgan fingerprint density at radius 1 is 1.06 bits per heavy atom. The van der Waals surface area contributed by atoms with Crippen molar-refractivity contribution in [2.24, 2.45) is 0 Å². The van der Waals surface area contributed by atoms with E-state index in [1.165, 1.54) is 10.7 Å². The molecule has 168 valence electrons. The van der Waals surface area contributed by atoms with Gasteiger partial charge in [-0.15, -0.1) is 0 Å². The Balaban J connectivity index is 1.63. The van der Waals surface area contributed by atoms with E-state index in [1.807, 2.05) is 0 Å². The molecule has 0 unspecified atom stereocenters. The lowest BCUT2D eigenvalue weighted by Crippen LogP contribution is -2.34. The lowest BCUT2D eigenvalue weighted by molar-refractivity contribution is -0.123. The molecule has 0 aliphatic carbocycles. The van der Waals surface area contributed by atoms with Crippen LogP contribution < -0.4 is 25.1 Å². The van der Waals surface area contributed by atoms with Crippen LogP contribution >= 0.6 is 23.2 Å². The first-order valence-electron chi connectivity index (χ1n) is 9.57. The quantitative estimate of drug-likeness (QED) is 0.507. The smallest absolute Gasteiger partial charge is 0.266 e. The second-order valence-corrected chi connectivity index (χ2v) is 7.32. The fraction of sp³-hybridized carbons (Fsp3) is 0.227. The van der Waals surface area contributed by atoms with Gasteiger partial charge in [0.1, 0.15) is 22.3 Å². The van der Waals surface area contributed by atoms with Crippen molar-refractivity contribution < 1.29 is 19.0 Å². The molecule has 0 saturated heterocycles. The monoisotopic (exact) mass is 477 g/mol. The number of rotatable bonds is 9. The summed E-state index contributed by atoms with van der Waals surface area (Å²) in [5.41, 5.74) is 0.911. The summed E-state index contributed by atoms with van der Waals surface area (Å²) in [5.74, 6) is 1.16. The Kier molecular flexibility index (Phi) is 7.97. The molecule has 0 radical (unpaired) electrons. The summed E-state index contributed by atoms with van der Waals surface area (Å²) in [7, 11) is 3.11. The highest BCUT2D eigenvalue weighted by Gasteiger charge is 2.12. The number of carbonyl (C=O) groups is 1. The molecule has 1 amide bonds. The van der Waals surface area contributed by atoms with Crippen LogP contribution in [-0.4, -0.2) is 43.1 Å². The van der Waals surface area contributed by atoms with Gasteiger partial charge >= 0.3 is 0 Å². The van der Waals surface area contributed by atoms with E-state index in [0.29, 0.717) is 33.5 Å². The topological polar surface area (TPSA) is 91.7 Å². The van der Waals surface area contributed by atoms with E-state index in [0.717, 1.165) is 0 Å². The Labute approximate surface area is 194 Å². The van der Waals surface area contributed by atoms with Gasteiger partial charge in [0, 0.05) is 18.2 Å². The third-order valence-corrected chi connectivity index (χ3v) is 5.27. The maximum Gasteiger partial charge on any atom is 0.266 e. The molecule has 0 saturated carbocycles. The summed E-state index contributed by atoms with van der Waals surface area (Å²) in [5, 5.41) is 7.64. The summed E-state index contributed by atoms with van der Waals surface area (Å²) >= 11 is 12.0. The molecule has 0 aliphatic rings. The number of methoxy groups -OCH3 is 2. The number of aromatic nitrogens is 2. The summed E-state index contributed by atoms with van der Waals surface area (Å²) in [4.78, 5) is 24.3. The van der Waals surface area contributed by atoms with Crippen molar-refractivity contribution in [3.05, 3.63) is 68.9 Å². The lowest BCUT2D eigenvalue weighted by Gasteiger charge is -2.12. The minimum absolute atomic E-state index is 0.169. The standard InChI is InChI=1S/C22H21Cl2N3O5/c1-30-14-6-8-18(31-2)15(12-14)17-7-9-21(29)27(26-17)11-10-25-20(28)13-32-19-5-3-4-16(23)22(19)24/h3-9,12H,10-11,13H2,1-2H3,(H,25,28). The van der Waals surface area contributed by atoms with Crippen LogP contribution in [0.1, 0.15) is 0 Å². The Bertz CT molecular complexity index is 1170. The molecule has 0 bridgehead atoms. The predicted molar refractivity (Wildman–Crippen MR) is 122 cm³/mol. The van der Waals surface area contributed by atoms with E-state index in [-0.39, 0.29) is 36.2 Å². The number of benzene rings is 2. The fourth-order valence-electron chi connectivity index (χ4n) is 2.86. The minimum Gasteiger partial charge on any atom is -0.497 e. The molecule has 3 aromatic rings. The molecule has 0 atom stereocenters. The normalized spacial score (nSPS) is 10.5. The third-order valence-electron chi connectivity index (χ3n) is 4.47. The van der Waals surface area contributed by atoms with Gasteiger partial charge in [0.15, 0.2) is 6.61 Å². The van der Waals surface area contributed by atoms with Gasteiger partial charge in [0.25, 0.3) is 11.5 Å². The maximum absolute atomic E-state index is 12.2. The molecular formula is C22H21Cl2N3O5. The van der Waals surface area contributed by atoms with Crippen LogP contribution in [0.4, 0.5) is 0 Å². The van der Waals surface area contributed by atoms with Crippen LogP contribution in [0.2, 0.25) is 10.0 Å².